The first-order valence-electron chi connectivity index (χ1n) is 7.82. The van der Waals surface area contributed by atoms with Gasteiger partial charge in [-0.3, -0.25) is 4.98 Å². The number of nitrogens with zero attached hydrogens (tertiary/aromatic N) is 4. The van der Waals surface area contributed by atoms with Crippen LogP contribution in [0, 0.1) is 6.92 Å². The SMILES string of the molecule is Cc1cn(C2CCCC2)c2nc(Nc3ccncc3)ncc12. The standard InChI is InChI=1S/C17H19N5/c1-12-11-22(14-4-2-3-5-14)16-15(12)10-19-17(21-16)20-13-6-8-18-9-7-13/h6-11,14H,2-5H2,1H3,(H,18,19,20,21). The largest absolute Gasteiger partial charge is 0.329 e. The van der Waals surface area contributed by atoms with Crippen LogP contribution in [-0.4, -0.2) is 19.5 Å². The number of nitrogens with one attached hydrogen (secondary N) is 1. The first-order chi connectivity index (χ1) is 10.8. The van der Waals surface area contributed by atoms with Crippen LogP contribution in [0.1, 0.15) is 37.3 Å². The molecule has 0 aliphatic heterocycles. The third kappa shape index (κ3) is 2.32. The molecular weight excluding hydrogens is 274 g/mol. The second kappa shape index (κ2) is 5.40. The van der Waals surface area contributed by atoms with Crippen molar-refractivity contribution in [3.8, 4) is 0 Å². The van der Waals surface area contributed by atoms with E-state index in [0.29, 0.717) is 12.0 Å². The molecule has 0 atom stereocenters. The Kier molecular flexibility index (Phi) is 3.25. The summed E-state index contributed by atoms with van der Waals surface area (Å²) in [5.41, 5.74) is 3.23. The van der Waals surface area contributed by atoms with E-state index in [1.54, 1.807) is 12.4 Å². The quantitative estimate of drug-likeness (QED) is 0.793. The van der Waals surface area contributed by atoms with Crippen molar-refractivity contribution in [1.82, 2.24) is 19.5 Å². The molecule has 22 heavy (non-hydrogen) atoms. The maximum atomic E-state index is 4.76. The van der Waals surface area contributed by atoms with Gasteiger partial charge in [0.25, 0.3) is 0 Å². The van der Waals surface area contributed by atoms with Crippen molar-refractivity contribution in [3.05, 3.63) is 42.5 Å². The zero-order chi connectivity index (χ0) is 14.9. The number of hydrogen-bond donors (Lipinski definition) is 1. The van der Waals surface area contributed by atoms with Gasteiger partial charge in [-0.05, 0) is 37.5 Å². The Balaban J connectivity index is 1.74. The molecule has 0 aromatic carbocycles. The summed E-state index contributed by atoms with van der Waals surface area (Å²) in [4.78, 5) is 13.2. The van der Waals surface area contributed by atoms with Crippen molar-refractivity contribution in [1.29, 1.82) is 0 Å². The number of hydrogen-bond acceptors (Lipinski definition) is 4. The van der Waals surface area contributed by atoms with Crippen LogP contribution in [-0.2, 0) is 0 Å². The third-order valence-corrected chi connectivity index (χ3v) is 4.43. The van der Waals surface area contributed by atoms with E-state index >= 15 is 0 Å². The third-order valence-electron chi connectivity index (χ3n) is 4.43. The lowest BCUT2D eigenvalue weighted by molar-refractivity contribution is 0.532. The molecule has 0 spiro atoms. The summed E-state index contributed by atoms with van der Waals surface area (Å²) >= 11 is 0. The van der Waals surface area contributed by atoms with E-state index in [9.17, 15) is 0 Å². The van der Waals surface area contributed by atoms with E-state index in [1.165, 1.54) is 31.2 Å². The molecule has 0 unspecified atom stereocenters. The number of rotatable bonds is 3. The van der Waals surface area contributed by atoms with Gasteiger partial charge in [0, 0.05) is 41.9 Å². The number of aryl methyl sites for hydroxylation is 1. The molecule has 0 bridgehead atoms. The van der Waals surface area contributed by atoms with Gasteiger partial charge in [0.05, 0.1) is 0 Å². The minimum atomic E-state index is 0.583. The van der Waals surface area contributed by atoms with Gasteiger partial charge in [0.15, 0.2) is 0 Å². The van der Waals surface area contributed by atoms with Gasteiger partial charge < -0.3 is 9.88 Å². The average molecular weight is 293 g/mol. The maximum Gasteiger partial charge on any atom is 0.229 e. The van der Waals surface area contributed by atoms with Gasteiger partial charge in [0.2, 0.25) is 5.95 Å². The number of fused-ring (bicyclic) bond motifs is 1. The highest BCUT2D eigenvalue weighted by molar-refractivity contribution is 5.80. The van der Waals surface area contributed by atoms with E-state index < -0.39 is 0 Å². The lowest BCUT2D eigenvalue weighted by Gasteiger charge is -2.13. The molecular formula is C17H19N5. The highest BCUT2D eigenvalue weighted by atomic mass is 15.2. The summed E-state index contributed by atoms with van der Waals surface area (Å²) < 4.78 is 2.34. The second-order valence-corrected chi connectivity index (χ2v) is 5.95. The van der Waals surface area contributed by atoms with Crippen LogP contribution in [0.15, 0.2) is 36.9 Å². The topological polar surface area (TPSA) is 55.6 Å². The Hall–Kier alpha value is -2.43. The molecule has 1 saturated carbocycles. The van der Waals surface area contributed by atoms with E-state index in [-0.39, 0.29) is 0 Å². The molecule has 1 aliphatic rings. The van der Waals surface area contributed by atoms with Crippen LogP contribution in [0.5, 0.6) is 0 Å². The first-order valence-corrected chi connectivity index (χ1v) is 7.82. The summed E-state index contributed by atoms with van der Waals surface area (Å²) in [7, 11) is 0. The Labute approximate surface area is 129 Å². The predicted octanol–water partition coefficient (Wildman–Crippen LogP) is 3.99. The minimum Gasteiger partial charge on any atom is -0.329 e. The lowest BCUT2D eigenvalue weighted by Crippen LogP contribution is -2.05. The fraction of sp³-hybridized carbons (Fsp3) is 0.353. The summed E-state index contributed by atoms with van der Waals surface area (Å²) in [5, 5.41) is 4.39. The van der Waals surface area contributed by atoms with E-state index in [1.807, 2.05) is 18.3 Å². The van der Waals surface area contributed by atoms with Gasteiger partial charge in [-0.2, -0.15) is 4.98 Å². The minimum absolute atomic E-state index is 0.583. The van der Waals surface area contributed by atoms with Crippen molar-refractivity contribution in [2.75, 3.05) is 5.32 Å². The highest BCUT2D eigenvalue weighted by Crippen LogP contribution is 2.33. The van der Waals surface area contributed by atoms with Crippen molar-refractivity contribution in [3.63, 3.8) is 0 Å². The predicted molar refractivity (Wildman–Crippen MR) is 87.3 cm³/mol. The van der Waals surface area contributed by atoms with E-state index in [2.05, 4.69) is 33.0 Å². The highest BCUT2D eigenvalue weighted by Gasteiger charge is 2.20. The van der Waals surface area contributed by atoms with Crippen LogP contribution >= 0.6 is 0 Å². The molecule has 5 heteroatoms. The van der Waals surface area contributed by atoms with E-state index in [4.69, 9.17) is 4.98 Å². The van der Waals surface area contributed by atoms with Crippen molar-refractivity contribution in [2.45, 2.75) is 38.6 Å². The molecule has 3 heterocycles. The van der Waals surface area contributed by atoms with Crippen molar-refractivity contribution >= 4 is 22.7 Å². The molecule has 0 saturated heterocycles. The van der Waals surface area contributed by atoms with Crippen LogP contribution in [0.4, 0.5) is 11.6 Å². The molecule has 1 aliphatic carbocycles. The monoisotopic (exact) mass is 293 g/mol. The molecule has 112 valence electrons. The van der Waals surface area contributed by atoms with Crippen LogP contribution < -0.4 is 5.32 Å². The van der Waals surface area contributed by atoms with Crippen LogP contribution in [0.25, 0.3) is 11.0 Å². The van der Waals surface area contributed by atoms with Crippen LogP contribution in [0.2, 0.25) is 0 Å². The van der Waals surface area contributed by atoms with Gasteiger partial charge in [-0.15, -0.1) is 0 Å². The van der Waals surface area contributed by atoms with Gasteiger partial charge in [-0.1, -0.05) is 12.8 Å². The summed E-state index contributed by atoms with van der Waals surface area (Å²) in [6.07, 6.45) is 12.8. The fourth-order valence-electron chi connectivity index (χ4n) is 3.27. The Morgan fingerprint density at radius 3 is 2.73 bits per heavy atom. The molecule has 0 amide bonds. The summed E-state index contributed by atoms with van der Waals surface area (Å²) in [6, 6.07) is 4.41. The van der Waals surface area contributed by atoms with Gasteiger partial charge >= 0.3 is 0 Å². The maximum absolute atomic E-state index is 4.76. The molecule has 3 aromatic rings. The van der Waals surface area contributed by atoms with Crippen molar-refractivity contribution in [2.24, 2.45) is 0 Å². The number of aromatic nitrogens is 4. The molecule has 1 N–H and O–H groups in total. The zero-order valence-corrected chi connectivity index (χ0v) is 12.7. The Morgan fingerprint density at radius 1 is 1.18 bits per heavy atom. The summed E-state index contributed by atoms with van der Waals surface area (Å²) in [6.45, 7) is 2.13. The lowest BCUT2D eigenvalue weighted by atomic mass is 10.2. The molecule has 1 fully saturated rings. The normalized spacial score (nSPS) is 15.5. The Morgan fingerprint density at radius 2 is 1.95 bits per heavy atom. The fourth-order valence-corrected chi connectivity index (χ4v) is 3.27. The number of pyridine rings is 1. The van der Waals surface area contributed by atoms with Crippen LogP contribution in [0.3, 0.4) is 0 Å². The number of anilines is 2. The molecule has 5 nitrogen and oxygen atoms in total. The van der Waals surface area contributed by atoms with Gasteiger partial charge in [0.1, 0.15) is 5.65 Å². The molecule has 4 rings (SSSR count). The van der Waals surface area contributed by atoms with Crippen molar-refractivity contribution < 1.29 is 0 Å². The van der Waals surface area contributed by atoms with E-state index in [0.717, 1.165) is 16.7 Å². The molecule has 0 radical (unpaired) electrons. The van der Waals surface area contributed by atoms with Gasteiger partial charge in [-0.25, -0.2) is 4.98 Å². The first kappa shape index (κ1) is 13.2. The Bertz CT molecular complexity index is 787. The second-order valence-electron chi connectivity index (χ2n) is 5.95. The smallest absolute Gasteiger partial charge is 0.229 e. The average Bonchev–Trinajstić information content (AvgIpc) is 3.17. The molecule has 3 aromatic heterocycles. The zero-order valence-electron chi connectivity index (χ0n) is 12.7. The summed E-state index contributed by atoms with van der Waals surface area (Å²) in [5.74, 6) is 0.635.